The predicted molar refractivity (Wildman–Crippen MR) is 80.1 cm³/mol. The molecule has 3 aromatic rings. The fourth-order valence-corrected chi connectivity index (χ4v) is 1.94. The molecule has 0 spiro atoms. The van der Waals surface area contributed by atoms with Crippen LogP contribution in [0.1, 0.15) is 0 Å². The van der Waals surface area contributed by atoms with Crippen molar-refractivity contribution < 1.29 is 18.4 Å². The number of hydrogen-bond donors (Lipinski definition) is 1. The Hall–Kier alpha value is -3.29. The Morgan fingerprint density at radius 1 is 1.35 bits per heavy atom. The highest BCUT2D eigenvalue weighted by Crippen LogP contribution is 2.17. The number of methoxy groups -OCH3 is 1. The van der Waals surface area contributed by atoms with Gasteiger partial charge in [0.1, 0.15) is 12.3 Å². The molecule has 0 aliphatic rings. The number of benzene rings is 1. The normalized spacial score (nSPS) is 10.5. The third-order valence-electron chi connectivity index (χ3n) is 2.99. The molecule has 8 nitrogen and oxygen atoms in total. The number of anilines is 1. The first-order valence-corrected chi connectivity index (χ1v) is 6.71. The van der Waals surface area contributed by atoms with Crippen LogP contribution in [-0.4, -0.2) is 22.8 Å². The van der Waals surface area contributed by atoms with Gasteiger partial charge >= 0.3 is 5.76 Å². The van der Waals surface area contributed by atoms with Crippen LogP contribution in [0.5, 0.6) is 5.75 Å². The Morgan fingerprint density at radius 3 is 2.96 bits per heavy atom. The van der Waals surface area contributed by atoms with E-state index in [1.807, 2.05) is 0 Å². The molecule has 0 bridgehead atoms. The number of aromatic nitrogens is 2. The van der Waals surface area contributed by atoms with Crippen molar-refractivity contribution in [2.24, 2.45) is 0 Å². The van der Waals surface area contributed by atoms with Crippen LogP contribution in [0.15, 0.2) is 56.3 Å². The fourth-order valence-electron chi connectivity index (χ4n) is 1.94. The average Bonchev–Trinajstić information content (AvgIpc) is 3.18. The zero-order valence-electron chi connectivity index (χ0n) is 12.2. The van der Waals surface area contributed by atoms with Gasteiger partial charge in [-0.05, 0) is 24.3 Å². The number of nitrogens with zero attached hydrogens (tertiary/aromatic N) is 2. The summed E-state index contributed by atoms with van der Waals surface area (Å²) in [4.78, 5) is 23.7. The van der Waals surface area contributed by atoms with Crippen LogP contribution in [0.3, 0.4) is 0 Å². The summed E-state index contributed by atoms with van der Waals surface area (Å²) in [6.45, 7) is -0.278. The van der Waals surface area contributed by atoms with Crippen molar-refractivity contribution in [3.05, 3.63) is 53.2 Å². The van der Waals surface area contributed by atoms with Gasteiger partial charge in [-0.2, -0.15) is 4.68 Å². The van der Waals surface area contributed by atoms with Crippen LogP contribution in [0, 0.1) is 0 Å². The van der Waals surface area contributed by atoms with Crippen molar-refractivity contribution in [2.45, 2.75) is 6.54 Å². The van der Waals surface area contributed by atoms with E-state index in [1.54, 1.807) is 36.4 Å². The zero-order chi connectivity index (χ0) is 16.2. The van der Waals surface area contributed by atoms with E-state index >= 15 is 0 Å². The molecule has 0 atom stereocenters. The lowest BCUT2D eigenvalue weighted by Crippen LogP contribution is -2.25. The Labute approximate surface area is 130 Å². The van der Waals surface area contributed by atoms with E-state index in [4.69, 9.17) is 13.6 Å². The Morgan fingerprint density at radius 2 is 2.22 bits per heavy atom. The number of carbonyl (C=O) groups is 1. The van der Waals surface area contributed by atoms with Gasteiger partial charge in [-0.3, -0.25) is 4.79 Å². The van der Waals surface area contributed by atoms with Gasteiger partial charge in [0.15, 0.2) is 5.76 Å². The maximum atomic E-state index is 12.0. The second-order valence-electron chi connectivity index (χ2n) is 4.59. The first-order valence-electron chi connectivity index (χ1n) is 6.71. The summed E-state index contributed by atoms with van der Waals surface area (Å²) in [5, 5.41) is 6.58. The molecule has 1 N–H and O–H groups in total. The van der Waals surface area contributed by atoms with Crippen molar-refractivity contribution in [2.75, 3.05) is 12.4 Å². The van der Waals surface area contributed by atoms with Crippen LogP contribution in [0.25, 0.3) is 11.7 Å². The number of rotatable bonds is 5. The van der Waals surface area contributed by atoms with E-state index in [2.05, 4.69) is 10.4 Å². The molecule has 0 aliphatic heterocycles. The smallest absolute Gasteiger partial charge is 0.437 e. The second-order valence-corrected chi connectivity index (χ2v) is 4.59. The topological polar surface area (TPSA) is 99.5 Å². The minimum atomic E-state index is -0.739. The zero-order valence-corrected chi connectivity index (χ0v) is 12.2. The fraction of sp³-hybridized carbons (Fsp3) is 0.133. The van der Waals surface area contributed by atoms with Crippen LogP contribution < -0.4 is 15.8 Å². The van der Waals surface area contributed by atoms with Crippen LogP contribution in [0.4, 0.5) is 5.69 Å². The van der Waals surface area contributed by atoms with E-state index in [0.717, 1.165) is 4.68 Å². The molecule has 2 heterocycles. The van der Waals surface area contributed by atoms with Crippen LogP contribution in [0.2, 0.25) is 0 Å². The molecule has 23 heavy (non-hydrogen) atoms. The summed E-state index contributed by atoms with van der Waals surface area (Å²) >= 11 is 0. The summed E-state index contributed by atoms with van der Waals surface area (Å²) in [6, 6.07) is 10.1. The lowest BCUT2D eigenvalue weighted by molar-refractivity contribution is -0.117. The van der Waals surface area contributed by atoms with E-state index < -0.39 is 11.7 Å². The van der Waals surface area contributed by atoms with Gasteiger partial charge < -0.3 is 18.9 Å². The molecule has 3 rings (SSSR count). The van der Waals surface area contributed by atoms with E-state index in [1.165, 1.54) is 13.4 Å². The molecule has 0 unspecified atom stereocenters. The SMILES string of the molecule is COc1cccc(NC(=O)Cn2nc(-c3ccco3)oc2=O)c1. The van der Waals surface area contributed by atoms with E-state index in [9.17, 15) is 9.59 Å². The average molecular weight is 315 g/mol. The molecule has 0 saturated carbocycles. The highest BCUT2D eigenvalue weighted by Gasteiger charge is 2.15. The maximum absolute atomic E-state index is 12.0. The third-order valence-corrected chi connectivity index (χ3v) is 2.99. The number of amides is 1. The first-order chi connectivity index (χ1) is 11.2. The molecule has 118 valence electrons. The third kappa shape index (κ3) is 3.31. The van der Waals surface area contributed by atoms with Gasteiger partial charge in [0, 0.05) is 11.8 Å². The molecule has 1 aromatic carbocycles. The molecule has 8 heteroatoms. The largest absolute Gasteiger partial charge is 0.497 e. The summed E-state index contributed by atoms with van der Waals surface area (Å²) in [5.74, 6) is -0.207. The van der Waals surface area contributed by atoms with Crippen molar-refractivity contribution in [1.82, 2.24) is 9.78 Å². The second kappa shape index (κ2) is 6.22. The van der Waals surface area contributed by atoms with Crippen molar-refractivity contribution in [1.29, 1.82) is 0 Å². The molecule has 1 amide bonds. The number of ether oxygens (including phenoxy) is 1. The molecule has 0 radical (unpaired) electrons. The summed E-state index contributed by atoms with van der Waals surface area (Å²) in [7, 11) is 1.53. The number of nitrogens with one attached hydrogen (secondary N) is 1. The van der Waals surface area contributed by atoms with E-state index in [0.29, 0.717) is 17.2 Å². The number of carbonyl (C=O) groups excluding carboxylic acids is 1. The minimum Gasteiger partial charge on any atom is -0.497 e. The van der Waals surface area contributed by atoms with Gasteiger partial charge in [0.25, 0.3) is 5.89 Å². The van der Waals surface area contributed by atoms with Crippen molar-refractivity contribution in [3.8, 4) is 17.4 Å². The summed E-state index contributed by atoms with van der Waals surface area (Å²) in [5.41, 5.74) is 0.553. The lowest BCUT2D eigenvalue weighted by Gasteiger charge is -2.06. The molecule has 0 fully saturated rings. The van der Waals surface area contributed by atoms with E-state index in [-0.39, 0.29) is 12.4 Å². The van der Waals surface area contributed by atoms with Crippen molar-refractivity contribution >= 4 is 11.6 Å². The molecule has 2 aromatic heterocycles. The Kier molecular flexibility index (Phi) is 3.96. The summed E-state index contributed by atoms with van der Waals surface area (Å²) < 4.78 is 16.0. The standard InChI is InChI=1S/C15H13N3O5/c1-21-11-5-2-4-10(8-11)16-13(19)9-18-15(20)23-14(17-18)12-6-3-7-22-12/h2-8H,9H2,1H3,(H,16,19). The molecular weight excluding hydrogens is 302 g/mol. The Balaban J connectivity index is 1.72. The number of furan rings is 1. The van der Waals surface area contributed by atoms with Gasteiger partial charge in [0.05, 0.1) is 13.4 Å². The minimum absolute atomic E-state index is 0.0224. The highest BCUT2D eigenvalue weighted by atomic mass is 16.5. The van der Waals surface area contributed by atoms with Gasteiger partial charge in [-0.25, -0.2) is 4.79 Å². The molecule has 0 saturated heterocycles. The maximum Gasteiger partial charge on any atom is 0.437 e. The highest BCUT2D eigenvalue weighted by molar-refractivity contribution is 5.90. The quantitative estimate of drug-likeness (QED) is 0.770. The van der Waals surface area contributed by atoms with Gasteiger partial charge in [-0.1, -0.05) is 6.07 Å². The number of hydrogen-bond acceptors (Lipinski definition) is 6. The Bertz CT molecular complexity index is 863. The predicted octanol–water partition coefficient (Wildman–Crippen LogP) is 1.74. The monoisotopic (exact) mass is 315 g/mol. The molecule has 0 aliphatic carbocycles. The van der Waals surface area contributed by atoms with Crippen LogP contribution in [-0.2, 0) is 11.3 Å². The van der Waals surface area contributed by atoms with Gasteiger partial charge in [0.2, 0.25) is 5.91 Å². The van der Waals surface area contributed by atoms with Crippen LogP contribution >= 0.6 is 0 Å². The summed E-state index contributed by atoms with van der Waals surface area (Å²) in [6.07, 6.45) is 1.43. The molecular formula is C15H13N3O5. The van der Waals surface area contributed by atoms with Crippen molar-refractivity contribution in [3.63, 3.8) is 0 Å². The first kappa shape index (κ1) is 14.6. The van der Waals surface area contributed by atoms with Gasteiger partial charge in [-0.15, -0.1) is 5.10 Å². The lowest BCUT2D eigenvalue weighted by atomic mass is 10.3.